The number of hydrogen-bond donors (Lipinski definition) is 3. The van der Waals surface area contributed by atoms with Gasteiger partial charge < -0.3 is 15.5 Å². The highest BCUT2D eigenvalue weighted by Crippen LogP contribution is 2.32. The molecule has 92 valence electrons. The van der Waals surface area contributed by atoms with Crippen molar-refractivity contribution < 1.29 is 10.2 Å². The standard InChI is InChI=1S/C13H18N2O2/c1-2-12(15-7-5-14-6-8-15)11-9-10(16)3-4-13(11)17/h2-4,9,12,14,16-17H,1,5-8H2/t12-/m1/s1. The molecule has 4 nitrogen and oxygen atoms in total. The Labute approximate surface area is 101 Å². The smallest absolute Gasteiger partial charge is 0.120 e. The van der Waals surface area contributed by atoms with E-state index in [2.05, 4.69) is 16.8 Å². The van der Waals surface area contributed by atoms with Crippen LogP contribution in [0.25, 0.3) is 0 Å². The van der Waals surface area contributed by atoms with E-state index in [1.807, 2.05) is 0 Å². The van der Waals surface area contributed by atoms with Crippen LogP contribution < -0.4 is 5.32 Å². The van der Waals surface area contributed by atoms with Gasteiger partial charge in [0.15, 0.2) is 0 Å². The van der Waals surface area contributed by atoms with Gasteiger partial charge in [0.1, 0.15) is 11.5 Å². The van der Waals surface area contributed by atoms with E-state index in [1.54, 1.807) is 12.1 Å². The molecule has 1 heterocycles. The maximum absolute atomic E-state index is 9.87. The Hall–Kier alpha value is -1.52. The second-order valence-corrected chi connectivity index (χ2v) is 4.21. The summed E-state index contributed by atoms with van der Waals surface area (Å²) in [6, 6.07) is 4.55. The van der Waals surface area contributed by atoms with Gasteiger partial charge >= 0.3 is 0 Å². The zero-order valence-electron chi connectivity index (χ0n) is 9.76. The Morgan fingerprint density at radius 1 is 1.29 bits per heavy atom. The first-order valence-corrected chi connectivity index (χ1v) is 5.81. The highest BCUT2D eigenvalue weighted by molar-refractivity contribution is 5.42. The van der Waals surface area contributed by atoms with E-state index >= 15 is 0 Å². The number of phenols is 2. The first kappa shape index (κ1) is 12.0. The second kappa shape index (κ2) is 5.21. The first-order valence-electron chi connectivity index (χ1n) is 5.81. The number of nitrogens with one attached hydrogen (secondary N) is 1. The molecule has 0 saturated carbocycles. The quantitative estimate of drug-likeness (QED) is 0.544. The van der Waals surface area contributed by atoms with Crippen molar-refractivity contribution in [2.75, 3.05) is 26.2 Å². The minimum atomic E-state index is -0.0517. The molecule has 0 aromatic heterocycles. The van der Waals surface area contributed by atoms with E-state index in [0.717, 1.165) is 26.2 Å². The average molecular weight is 234 g/mol. The molecule has 4 heteroatoms. The normalized spacial score (nSPS) is 18.8. The minimum absolute atomic E-state index is 0.0517. The van der Waals surface area contributed by atoms with Crippen LogP contribution in [-0.2, 0) is 0 Å². The number of nitrogens with zero attached hydrogens (tertiary/aromatic N) is 1. The fourth-order valence-corrected chi connectivity index (χ4v) is 2.21. The molecule has 0 bridgehead atoms. The lowest BCUT2D eigenvalue weighted by molar-refractivity contribution is 0.200. The van der Waals surface area contributed by atoms with Crippen LogP contribution in [0.1, 0.15) is 11.6 Å². The average Bonchev–Trinajstić information content (AvgIpc) is 2.36. The van der Waals surface area contributed by atoms with Gasteiger partial charge in [0.25, 0.3) is 0 Å². The molecule has 17 heavy (non-hydrogen) atoms. The third-order valence-electron chi connectivity index (χ3n) is 3.10. The van der Waals surface area contributed by atoms with Crippen molar-refractivity contribution in [3.05, 3.63) is 36.4 Å². The van der Waals surface area contributed by atoms with Gasteiger partial charge in [-0.1, -0.05) is 6.08 Å². The third kappa shape index (κ3) is 2.60. The molecule has 1 aliphatic rings. The molecule has 1 saturated heterocycles. The predicted octanol–water partition coefficient (Wildman–Crippen LogP) is 1.23. The van der Waals surface area contributed by atoms with Gasteiger partial charge in [-0.2, -0.15) is 0 Å². The van der Waals surface area contributed by atoms with Crippen molar-refractivity contribution >= 4 is 0 Å². The van der Waals surface area contributed by atoms with Crippen LogP contribution in [0.3, 0.4) is 0 Å². The van der Waals surface area contributed by atoms with Crippen molar-refractivity contribution in [1.29, 1.82) is 0 Å². The Bertz CT molecular complexity index is 400. The van der Waals surface area contributed by atoms with E-state index in [0.29, 0.717) is 5.56 Å². The lowest BCUT2D eigenvalue weighted by atomic mass is 10.0. The number of rotatable bonds is 3. The van der Waals surface area contributed by atoms with Crippen LogP contribution >= 0.6 is 0 Å². The zero-order valence-corrected chi connectivity index (χ0v) is 9.76. The van der Waals surface area contributed by atoms with Gasteiger partial charge in [-0.05, 0) is 18.2 Å². The fraction of sp³-hybridized carbons (Fsp3) is 0.385. The largest absolute Gasteiger partial charge is 0.508 e. The summed E-state index contributed by atoms with van der Waals surface area (Å²) in [7, 11) is 0. The number of aromatic hydroxyl groups is 2. The summed E-state index contributed by atoms with van der Waals surface area (Å²) >= 11 is 0. The van der Waals surface area contributed by atoms with Gasteiger partial charge in [-0.25, -0.2) is 0 Å². The monoisotopic (exact) mass is 234 g/mol. The van der Waals surface area contributed by atoms with Crippen molar-refractivity contribution in [3.63, 3.8) is 0 Å². The summed E-state index contributed by atoms with van der Waals surface area (Å²) in [6.45, 7) is 7.51. The van der Waals surface area contributed by atoms with Crippen molar-refractivity contribution in [2.45, 2.75) is 6.04 Å². The maximum atomic E-state index is 9.87. The van der Waals surface area contributed by atoms with E-state index in [1.165, 1.54) is 12.1 Å². The summed E-state index contributed by atoms with van der Waals surface area (Å²) < 4.78 is 0. The van der Waals surface area contributed by atoms with Crippen LogP contribution in [0.2, 0.25) is 0 Å². The zero-order chi connectivity index (χ0) is 12.3. The van der Waals surface area contributed by atoms with Gasteiger partial charge in [0.05, 0.1) is 6.04 Å². The highest BCUT2D eigenvalue weighted by atomic mass is 16.3. The molecule has 1 aliphatic heterocycles. The molecule has 0 spiro atoms. The Morgan fingerprint density at radius 2 is 2.00 bits per heavy atom. The summed E-state index contributed by atoms with van der Waals surface area (Å²) in [5, 5.41) is 22.7. The molecule has 1 fully saturated rings. The van der Waals surface area contributed by atoms with E-state index < -0.39 is 0 Å². The number of hydrogen-bond acceptors (Lipinski definition) is 4. The molecule has 3 N–H and O–H groups in total. The van der Waals surface area contributed by atoms with Crippen molar-refractivity contribution in [2.24, 2.45) is 0 Å². The molecular formula is C13H18N2O2. The summed E-state index contributed by atoms with van der Waals surface area (Å²) in [5.41, 5.74) is 0.710. The van der Waals surface area contributed by atoms with Gasteiger partial charge in [0.2, 0.25) is 0 Å². The summed E-state index contributed by atoms with van der Waals surface area (Å²) in [5.74, 6) is 0.367. The molecule has 2 rings (SSSR count). The Kier molecular flexibility index (Phi) is 3.66. The van der Waals surface area contributed by atoms with Crippen molar-refractivity contribution in [3.8, 4) is 11.5 Å². The lowest BCUT2D eigenvalue weighted by Crippen LogP contribution is -2.44. The number of piperazine rings is 1. The molecule has 1 aromatic rings. The Morgan fingerprint density at radius 3 is 2.65 bits per heavy atom. The lowest BCUT2D eigenvalue weighted by Gasteiger charge is -2.33. The fourth-order valence-electron chi connectivity index (χ4n) is 2.21. The van der Waals surface area contributed by atoms with Gasteiger partial charge in [-0.3, -0.25) is 4.90 Å². The van der Waals surface area contributed by atoms with E-state index in [4.69, 9.17) is 0 Å². The van der Waals surface area contributed by atoms with E-state index in [9.17, 15) is 10.2 Å². The molecule has 0 radical (unpaired) electrons. The van der Waals surface area contributed by atoms with Crippen LogP contribution in [-0.4, -0.2) is 41.3 Å². The Balaban J connectivity index is 2.27. The molecule has 0 unspecified atom stereocenters. The molecule has 0 amide bonds. The van der Waals surface area contributed by atoms with Gasteiger partial charge in [0, 0.05) is 31.7 Å². The molecular weight excluding hydrogens is 216 g/mol. The topological polar surface area (TPSA) is 55.7 Å². The second-order valence-electron chi connectivity index (χ2n) is 4.21. The third-order valence-corrected chi connectivity index (χ3v) is 3.10. The maximum Gasteiger partial charge on any atom is 0.120 e. The van der Waals surface area contributed by atoms with Crippen LogP contribution in [0.4, 0.5) is 0 Å². The molecule has 1 aromatic carbocycles. The predicted molar refractivity (Wildman–Crippen MR) is 67.2 cm³/mol. The van der Waals surface area contributed by atoms with Crippen LogP contribution in [0.5, 0.6) is 11.5 Å². The first-order chi connectivity index (χ1) is 8.22. The highest BCUT2D eigenvalue weighted by Gasteiger charge is 2.22. The summed E-state index contributed by atoms with van der Waals surface area (Å²) in [6.07, 6.45) is 1.81. The molecule has 0 aliphatic carbocycles. The number of phenolic OH excluding ortho intramolecular Hbond substituents is 2. The summed E-state index contributed by atoms with van der Waals surface area (Å²) in [4.78, 5) is 2.23. The number of benzene rings is 1. The van der Waals surface area contributed by atoms with Crippen LogP contribution in [0.15, 0.2) is 30.9 Å². The molecule has 1 atom stereocenters. The van der Waals surface area contributed by atoms with Crippen LogP contribution in [0, 0.1) is 0 Å². The minimum Gasteiger partial charge on any atom is -0.508 e. The van der Waals surface area contributed by atoms with E-state index in [-0.39, 0.29) is 17.5 Å². The SMILES string of the molecule is C=C[C@H](c1cc(O)ccc1O)N1CCNCC1. The van der Waals surface area contributed by atoms with Gasteiger partial charge in [-0.15, -0.1) is 6.58 Å². The van der Waals surface area contributed by atoms with Crippen molar-refractivity contribution in [1.82, 2.24) is 10.2 Å².